The van der Waals surface area contributed by atoms with Crippen LogP contribution in [-0.2, 0) is 0 Å². The lowest BCUT2D eigenvalue weighted by molar-refractivity contribution is 0.141. The van der Waals surface area contributed by atoms with Crippen molar-refractivity contribution in [2.24, 2.45) is 22.7 Å². The maximum atomic E-state index is 9.58. The average Bonchev–Trinajstić information content (AvgIpc) is 2.18. The fourth-order valence-corrected chi connectivity index (χ4v) is 2.93. The van der Waals surface area contributed by atoms with Crippen molar-refractivity contribution in [1.29, 1.82) is 0 Å². The number of aliphatic hydroxyl groups excluding tert-OH is 1. The summed E-state index contributed by atoms with van der Waals surface area (Å²) in [7, 11) is 0. The van der Waals surface area contributed by atoms with E-state index in [1.807, 2.05) is 0 Å². The molecule has 0 amide bonds. The quantitative estimate of drug-likeness (QED) is 0.564. The molecule has 0 bridgehead atoms. The highest BCUT2D eigenvalue weighted by atomic mass is 16.3. The Labute approximate surface area is 122 Å². The monoisotopic (exact) mass is 270 g/mol. The minimum atomic E-state index is 0.358. The van der Waals surface area contributed by atoms with Crippen LogP contribution in [0.25, 0.3) is 0 Å². The van der Waals surface area contributed by atoms with E-state index in [4.69, 9.17) is 0 Å². The summed E-state index contributed by atoms with van der Waals surface area (Å²) in [5, 5.41) is 9.58. The first-order valence-corrected chi connectivity index (χ1v) is 8.16. The molecule has 0 aromatic carbocycles. The Morgan fingerprint density at radius 2 is 1.42 bits per heavy atom. The molecule has 0 aliphatic heterocycles. The summed E-state index contributed by atoms with van der Waals surface area (Å²) in [6, 6.07) is 0. The molecule has 0 heterocycles. The van der Waals surface area contributed by atoms with E-state index >= 15 is 0 Å². The van der Waals surface area contributed by atoms with Crippen molar-refractivity contribution in [3.63, 3.8) is 0 Å². The van der Waals surface area contributed by atoms with Crippen molar-refractivity contribution in [3.8, 4) is 0 Å². The van der Waals surface area contributed by atoms with E-state index in [0.717, 1.165) is 0 Å². The minimum Gasteiger partial charge on any atom is -0.396 e. The first-order valence-electron chi connectivity index (χ1n) is 8.16. The van der Waals surface area contributed by atoms with Gasteiger partial charge in [0, 0.05) is 6.61 Å². The van der Waals surface area contributed by atoms with E-state index in [-0.39, 0.29) is 0 Å². The Bertz CT molecular complexity index is 219. The largest absolute Gasteiger partial charge is 0.396 e. The molecule has 1 heteroatoms. The molecular formula is C18H38O. The second kappa shape index (κ2) is 8.29. The van der Waals surface area contributed by atoms with E-state index in [0.29, 0.717) is 29.3 Å². The highest BCUT2D eigenvalue weighted by Crippen LogP contribution is 2.31. The first kappa shape index (κ1) is 19.0. The van der Waals surface area contributed by atoms with Gasteiger partial charge in [0.1, 0.15) is 0 Å². The molecule has 0 fully saturated rings. The van der Waals surface area contributed by atoms with Crippen molar-refractivity contribution >= 4 is 0 Å². The van der Waals surface area contributed by atoms with Gasteiger partial charge in [0.15, 0.2) is 0 Å². The van der Waals surface area contributed by atoms with E-state index in [1.165, 1.54) is 38.5 Å². The van der Waals surface area contributed by atoms with Crippen LogP contribution in [0.3, 0.4) is 0 Å². The van der Waals surface area contributed by atoms with Crippen molar-refractivity contribution in [1.82, 2.24) is 0 Å². The second-order valence-corrected chi connectivity index (χ2v) is 8.84. The van der Waals surface area contributed by atoms with E-state index in [1.54, 1.807) is 0 Å². The third kappa shape index (κ3) is 11.5. The van der Waals surface area contributed by atoms with Gasteiger partial charge in [0.2, 0.25) is 0 Å². The molecule has 0 aliphatic carbocycles. The molecule has 0 rings (SSSR count). The Morgan fingerprint density at radius 3 is 1.84 bits per heavy atom. The average molecular weight is 271 g/mol. The van der Waals surface area contributed by atoms with Gasteiger partial charge in [-0.05, 0) is 41.9 Å². The number of aliphatic hydroxyl groups is 1. The normalized spacial score (nSPS) is 16.4. The lowest BCUT2D eigenvalue weighted by Gasteiger charge is -2.29. The second-order valence-electron chi connectivity index (χ2n) is 8.84. The predicted molar refractivity (Wildman–Crippen MR) is 86.4 cm³/mol. The Kier molecular flexibility index (Phi) is 8.27. The van der Waals surface area contributed by atoms with Gasteiger partial charge in [0.05, 0.1) is 0 Å². The molecule has 1 N–H and O–H groups in total. The summed E-state index contributed by atoms with van der Waals surface area (Å²) in [4.78, 5) is 0. The molecule has 0 saturated heterocycles. The van der Waals surface area contributed by atoms with E-state index in [9.17, 15) is 5.11 Å². The standard InChI is InChI=1S/C18H38O/c1-15(13-18(5,6)7)16(14-19)11-9-8-10-12-17(2,3)4/h15-16,19H,8-14H2,1-7H3. The topological polar surface area (TPSA) is 20.2 Å². The van der Waals surface area contributed by atoms with Gasteiger partial charge < -0.3 is 5.11 Å². The van der Waals surface area contributed by atoms with Gasteiger partial charge in [-0.15, -0.1) is 0 Å². The SMILES string of the molecule is CC(CC(C)(C)C)C(CO)CCCCCC(C)(C)C. The molecule has 19 heavy (non-hydrogen) atoms. The Morgan fingerprint density at radius 1 is 0.842 bits per heavy atom. The van der Waals surface area contributed by atoms with E-state index < -0.39 is 0 Å². The highest BCUT2D eigenvalue weighted by Gasteiger charge is 2.22. The summed E-state index contributed by atoms with van der Waals surface area (Å²) < 4.78 is 0. The van der Waals surface area contributed by atoms with Gasteiger partial charge in [-0.3, -0.25) is 0 Å². The maximum Gasteiger partial charge on any atom is 0.0461 e. The van der Waals surface area contributed by atoms with Crippen LogP contribution >= 0.6 is 0 Å². The van der Waals surface area contributed by atoms with Crippen molar-refractivity contribution < 1.29 is 5.11 Å². The van der Waals surface area contributed by atoms with Gasteiger partial charge in [-0.2, -0.15) is 0 Å². The molecule has 2 atom stereocenters. The lowest BCUT2D eigenvalue weighted by atomic mass is 9.78. The van der Waals surface area contributed by atoms with E-state index in [2.05, 4.69) is 48.5 Å². The Balaban J connectivity index is 3.88. The van der Waals surface area contributed by atoms with Crippen molar-refractivity contribution in [2.75, 3.05) is 6.61 Å². The van der Waals surface area contributed by atoms with Crippen LogP contribution in [0.5, 0.6) is 0 Å². The van der Waals surface area contributed by atoms with Crippen molar-refractivity contribution in [3.05, 3.63) is 0 Å². The van der Waals surface area contributed by atoms with Gasteiger partial charge in [0.25, 0.3) is 0 Å². The third-order valence-electron chi connectivity index (χ3n) is 3.98. The number of hydrogen-bond acceptors (Lipinski definition) is 1. The molecule has 0 radical (unpaired) electrons. The Hall–Kier alpha value is -0.0400. The van der Waals surface area contributed by atoms with Crippen LogP contribution in [0.2, 0.25) is 0 Å². The molecule has 0 saturated carbocycles. The number of rotatable bonds is 8. The molecule has 116 valence electrons. The fraction of sp³-hybridized carbons (Fsp3) is 1.00. The zero-order valence-corrected chi connectivity index (χ0v) is 14.6. The summed E-state index contributed by atoms with van der Waals surface area (Å²) in [5.74, 6) is 1.13. The zero-order chi connectivity index (χ0) is 15.1. The minimum absolute atomic E-state index is 0.358. The fourth-order valence-electron chi connectivity index (χ4n) is 2.93. The number of unbranched alkanes of at least 4 members (excludes halogenated alkanes) is 2. The zero-order valence-electron chi connectivity index (χ0n) is 14.6. The van der Waals surface area contributed by atoms with Crippen molar-refractivity contribution in [2.45, 2.75) is 87.0 Å². The van der Waals surface area contributed by atoms with Crippen LogP contribution < -0.4 is 0 Å². The predicted octanol–water partition coefficient (Wildman–Crippen LogP) is 5.66. The van der Waals surface area contributed by atoms with Crippen LogP contribution in [0.15, 0.2) is 0 Å². The molecule has 0 aromatic rings. The lowest BCUT2D eigenvalue weighted by Crippen LogP contribution is -2.21. The molecule has 0 aromatic heterocycles. The highest BCUT2D eigenvalue weighted by molar-refractivity contribution is 4.73. The smallest absolute Gasteiger partial charge is 0.0461 e. The molecular weight excluding hydrogens is 232 g/mol. The molecule has 1 nitrogen and oxygen atoms in total. The van der Waals surface area contributed by atoms with Crippen LogP contribution in [0, 0.1) is 22.7 Å². The molecule has 0 aliphatic rings. The maximum absolute atomic E-state index is 9.58. The summed E-state index contributed by atoms with van der Waals surface area (Å²) in [6.07, 6.45) is 7.63. The first-order chi connectivity index (χ1) is 8.55. The van der Waals surface area contributed by atoms with Gasteiger partial charge >= 0.3 is 0 Å². The number of hydrogen-bond donors (Lipinski definition) is 1. The van der Waals surface area contributed by atoms with Gasteiger partial charge in [-0.25, -0.2) is 0 Å². The molecule has 2 unspecified atom stereocenters. The van der Waals surface area contributed by atoms with Gasteiger partial charge in [-0.1, -0.05) is 67.7 Å². The van der Waals surface area contributed by atoms with Crippen LogP contribution in [-0.4, -0.2) is 11.7 Å². The van der Waals surface area contributed by atoms with Crippen LogP contribution in [0.4, 0.5) is 0 Å². The van der Waals surface area contributed by atoms with Crippen LogP contribution in [0.1, 0.15) is 87.0 Å². The summed E-state index contributed by atoms with van der Waals surface area (Å²) >= 11 is 0. The summed E-state index contributed by atoms with van der Waals surface area (Å²) in [5.41, 5.74) is 0.842. The third-order valence-corrected chi connectivity index (χ3v) is 3.98. The molecule has 0 spiro atoms. The summed E-state index contributed by atoms with van der Waals surface area (Å²) in [6.45, 7) is 16.5.